The Hall–Kier alpha value is -0.840. The minimum atomic E-state index is 0.119. The van der Waals surface area contributed by atoms with Gasteiger partial charge in [0.15, 0.2) is 0 Å². The summed E-state index contributed by atoms with van der Waals surface area (Å²) in [5.74, 6) is 0.873. The van der Waals surface area contributed by atoms with Gasteiger partial charge in [0, 0.05) is 38.0 Å². The summed E-state index contributed by atoms with van der Waals surface area (Å²) < 4.78 is 15.9. The highest BCUT2D eigenvalue weighted by Gasteiger charge is 2.09. The van der Waals surface area contributed by atoms with E-state index in [0.29, 0.717) is 13.2 Å². The number of methoxy groups -OCH3 is 1. The van der Waals surface area contributed by atoms with Gasteiger partial charge in [-0.15, -0.1) is 0 Å². The second-order valence-corrected chi connectivity index (χ2v) is 5.42. The lowest BCUT2D eigenvalue weighted by Crippen LogP contribution is -2.34. The molecule has 0 aromatic carbocycles. The van der Waals surface area contributed by atoms with E-state index in [1.807, 2.05) is 6.07 Å². The topological polar surface area (TPSA) is 43.6 Å². The fourth-order valence-electron chi connectivity index (χ4n) is 1.44. The molecule has 0 aliphatic carbocycles. The van der Waals surface area contributed by atoms with Crippen molar-refractivity contribution in [2.24, 2.45) is 0 Å². The molecule has 1 aromatic rings. The molecule has 0 amide bonds. The van der Waals surface area contributed by atoms with E-state index in [0.717, 1.165) is 30.9 Å². The van der Waals surface area contributed by atoms with Gasteiger partial charge in [-0.05, 0) is 33.3 Å². The predicted molar refractivity (Wildman–Crippen MR) is 71.4 cm³/mol. The average molecular weight is 255 g/mol. The summed E-state index contributed by atoms with van der Waals surface area (Å²) in [7, 11) is 1.70. The van der Waals surface area contributed by atoms with Gasteiger partial charge in [-0.1, -0.05) is 0 Å². The number of ether oxygens (including phenoxy) is 2. The Kier molecular flexibility index (Phi) is 6.39. The van der Waals surface area contributed by atoms with Crippen LogP contribution in [0.25, 0.3) is 0 Å². The average Bonchev–Trinajstić information content (AvgIpc) is 2.73. The number of hydrogen-bond donors (Lipinski definition) is 1. The van der Waals surface area contributed by atoms with Crippen LogP contribution in [0.15, 0.2) is 16.7 Å². The van der Waals surface area contributed by atoms with Crippen LogP contribution in [0.2, 0.25) is 0 Å². The Bertz CT molecular complexity index is 328. The summed E-state index contributed by atoms with van der Waals surface area (Å²) in [6, 6.07) is 2.04. The van der Waals surface area contributed by atoms with E-state index in [1.165, 1.54) is 0 Å². The fourth-order valence-corrected chi connectivity index (χ4v) is 1.44. The summed E-state index contributed by atoms with van der Waals surface area (Å²) in [4.78, 5) is 0. The highest BCUT2D eigenvalue weighted by molar-refractivity contribution is 5.12. The summed E-state index contributed by atoms with van der Waals surface area (Å²) >= 11 is 0. The first-order valence-corrected chi connectivity index (χ1v) is 6.39. The zero-order valence-electron chi connectivity index (χ0n) is 11.9. The minimum absolute atomic E-state index is 0.119. The van der Waals surface area contributed by atoms with Crippen molar-refractivity contribution in [3.63, 3.8) is 0 Å². The normalized spacial score (nSPS) is 12.0. The van der Waals surface area contributed by atoms with Gasteiger partial charge in [-0.2, -0.15) is 0 Å². The molecule has 0 spiro atoms. The lowest BCUT2D eigenvalue weighted by molar-refractivity contribution is 0.0827. The molecule has 0 saturated carbocycles. The molecule has 0 radical (unpaired) electrons. The second kappa shape index (κ2) is 7.56. The van der Waals surface area contributed by atoms with Crippen LogP contribution in [0.1, 0.15) is 38.5 Å². The van der Waals surface area contributed by atoms with Crippen LogP contribution in [-0.4, -0.2) is 25.9 Å². The highest BCUT2D eigenvalue weighted by Crippen LogP contribution is 2.10. The molecule has 4 nitrogen and oxygen atoms in total. The fraction of sp³-hybridized carbons (Fsp3) is 0.714. The van der Waals surface area contributed by atoms with Crippen LogP contribution in [-0.2, 0) is 22.6 Å². The molecule has 1 heterocycles. The largest absolute Gasteiger partial charge is 0.467 e. The second-order valence-electron chi connectivity index (χ2n) is 5.42. The number of furan rings is 1. The van der Waals surface area contributed by atoms with Crippen molar-refractivity contribution >= 4 is 0 Å². The van der Waals surface area contributed by atoms with E-state index in [4.69, 9.17) is 13.9 Å². The molecule has 0 aliphatic heterocycles. The molecule has 4 heteroatoms. The van der Waals surface area contributed by atoms with Crippen LogP contribution in [0, 0.1) is 0 Å². The van der Waals surface area contributed by atoms with Crippen molar-refractivity contribution in [3.05, 3.63) is 23.7 Å². The van der Waals surface area contributed by atoms with Gasteiger partial charge in [0.05, 0.1) is 6.26 Å². The zero-order chi connectivity index (χ0) is 13.4. The van der Waals surface area contributed by atoms with Crippen LogP contribution < -0.4 is 5.32 Å². The number of rotatable bonds is 8. The molecule has 0 bridgehead atoms. The van der Waals surface area contributed by atoms with Crippen molar-refractivity contribution in [2.75, 3.05) is 20.3 Å². The van der Waals surface area contributed by atoms with Crippen LogP contribution in [0.4, 0.5) is 0 Å². The maximum Gasteiger partial charge on any atom is 0.129 e. The highest BCUT2D eigenvalue weighted by atomic mass is 16.5. The summed E-state index contributed by atoms with van der Waals surface area (Å²) in [6.45, 7) is 9.21. The lowest BCUT2D eigenvalue weighted by atomic mass is 10.1. The third kappa shape index (κ3) is 6.79. The van der Waals surface area contributed by atoms with Crippen LogP contribution in [0.3, 0.4) is 0 Å². The van der Waals surface area contributed by atoms with Crippen molar-refractivity contribution in [2.45, 2.75) is 45.9 Å². The van der Waals surface area contributed by atoms with Crippen LogP contribution in [0.5, 0.6) is 0 Å². The molecule has 104 valence electrons. The van der Waals surface area contributed by atoms with Gasteiger partial charge >= 0.3 is 0 Å². The molecule has 0 saturated heterocycles. The quantitative estimate of drug-likeness (QED) is 0.725. The molecule has 1 aromatic heterocycles. The van der Waals surface area contributed by atoms with E-state index in [-0.39, 0.29) is 5.54 Å². The predicted octanol–water partition coefficient (Wildman–Crippen LogP) is 2.72. The van der Waals surface area contributed by atoms with E-state index in [2.05, 4.69) is 26.1 Å². The maximum atomic E-state index is 5.49. The molecule has 0 fully saturated rings. The summed E-state index contributed by atoms with van der Waals surface area (Å²) in [5.41, 5.74) is 1.27. The lowest BCUT2D eigenvalue weighted by Gasteiger charge is -2.19. The molecule has 0 atom stereocenters. The van der Waals surface area contributed by atoms with E-state index in [9.17, 15) is 0 Å². The number of nitrogens with one attached hydrogen (secondary N) is 1. The Morgan fingerprint density at radius 3 is 2.72 bits per heavy atom. The van der Waals surface area contributed by atoms with Gasteiger partial charge < -0.3 is 19.2 Å². The number of hydrogen-bond acceptors (Lipinski definition) is 4. The smallest absolute Gasteiger partial charge is 0.129 e. The molecule has 18 heavy (non-hydrogen) atoms. The van der Waals surface area contributed by atoms with Crippen molar-refractivity contribution < 1.29 is 13.9 Å². The Morgan fingerprint density at radius 1 is 1.28 bits per heavy atom. The third-order valence-corrected chi connectivity index (χ3v) is 2.41. The van der Waals surface area contributed by atoms with E-state index in [1.54, 1.807) is 13.4 Å². The van der Waals surface area contributed by atoms with Crippen LogP contribution >= 0.6 is 0 Å². The van der Waals surface area contributed by atoms with Gasteiger partial charge in [0.25, 0.3) is 0 Å². The third-order valence-electron chi connectivity index (χ3n) is 2.41. The molecule has 0 unspecified atom stereocenters. The molecular formula is C14H25NO3. The zero-order valence-corrected chi connectivity index (χ0v) is 11.9. The molecular weight excluding hydrogens is 230 g/mol. The van der Waals surface area contributed by atoms with Crippen molar-refractivity contribution in [1.82, 2.24) is 5.32 Å². The first kappa shape index (κ1) is 15.2. The maximum absolute atomic E-state index is 5.49. The van der Waals surface area contributed by atoms with Crippen molar-refractivity contribution in [3.8, 4) is 0 Å². The van der Waals surface area contributed by atoms with Gasteiger partial charge in [0.1, 0.15) is 12.4 Å². The minimum Gasteiger partial charge on any atom is -0.467 e. The Morgan fingerprint density at radius 2 is 2.06 bits per heavy atom. The van der Waals surface area contributed by atoms with E-state index >= 15 is 0 Å². The SMILES string of the molecule is COCCCOCc1cc(CNC(C)(C)C)co1. The summed E-state index contributed by atoms with van der Waals surface area (Å²) in [5, 5.41) is 3.42. The molecule has 0 aliphatic rings. The Labute approximate surface area is 110 Å². The van der Waals surface area contributed by atoms with Gasteiger partial charge in [-0.25, -0.2) is 0 Å². The van der Waals surface area contributed by atoms with E-state index < -0.39 is 0 Å². The first-order chi connectivity index (χ1) is 8.51. The molecule has 1 N–H and O–H groups in total. The van der Waals surface area contributed by atoms with Crippen molar-refractivity contribution in [1.29, 1.82) is 0 Å². The van der Waals surface area contributed by atoms with Gasteiger partial charge in [-0.3, -0.25) is 0 Å². The standard InChI is InChI=1S/C14H25NO3/c1-14(2,3)15-9-12-8-13(18-10-12)11-17-7-5-6-16-4/h8,10,15H,5-7,9,11H2,1-4H3. The first-order valence-electron chi connectivity index (χ1n) is 6.39. The Balaban J connectivity index is 2.22. The molecule has 1 rings (SSSR count). The van der Waals surface area contributed by atoms with Gasteiger partial charge in [0.2, 0.25) is 0 Å². The summed E-state index contributed by atoms with van der Waals surface area (Å²) in [6.07, 6.45) is 2.70. The monoisotopic (exact) mass is 255 g/mol.